The maximum absolute atomic E-state index is 12.1. The van der Waals surface area contributed by atoms with E-state index in [1.54, 1.807) is 0 Å². The molecule has 0 amide bonds. The van der Waals surface area contributed by atoms with Crippen molar-refractivity contribution in [2.75, 3.05) is 13.2 Å². The van der Waals surface area contributed by atoms with E-state index in [4.69, 9.17) is 9.47 Å². The zero-order valence-corrected chi connectivity index (χ0v) is 20.9. The second-order valence-corrected chi connectivity index (χ2v) is 9.37. The molecule has 1 heterocycles. The van der Waals surface area contributed by atoms with Crippen molar-refractivity contribution in [1.82, 2.24) is 4.90 Å². The van der Waals surface area contributed by atoms with Gasteiger partial charge in [0.15, 0.2) is 11.5 Å². The third kappa shape index (κ3) is 5.80. The van der Waals surface area contributed by atoms with Crippen LogP contribution in [0.1, 0.15) is 48.9 Å². The van der Waals surface area contributed by atoms with Crippen molar-refractivity contribution in [1.29, 1.82) is 0 Å². The molecule has 34 heavy (non-hydrogen) atoms. The van der Waals surface area contributed by atoms with Crippen LogP contribution in [-0.2, 0) is 11.4 Å². The average molecular weight is 524 g/mol. The first-order valence-electron chi connectivity index (χ1n) is 11.7. The summed E-state index contributed by atoms with van der Waals surface area (Å²) in [6, 6.07) is 23.4. The molecule has 1 N–H and O–H groups in total. The van der Waals surface area contributed by atoms with E-state index in [9.17, 15) is 9.90 Å². The summed E-state index contributed by atoms with van der Waals surface area (Å²) in [5, 5.41) is 9.97. The molecule has 0 bridgehead atoms. The number of ether oxygens (including phenoxy) is 2. The summed E-state index contributed by atoms with van der Waals surface area (Å²) >= 11 is 3.59. The molecule has 3 aromatic rings. The third-order valence-electron chi connectivity index (χ3n) is 6.15. The molecule has 0 aliphatic carbocycles. The summed E-state index contributed by atoms with van der Waals surface area (Å²) in [4.78, 5) is 14.3. The van der Waals surface area contributed by atoms with Gasteiger partial charge in [-0.15, -0.1) is 0 Å². The van der Waals surface area contributed by atoms with Crippen LogP contribution in [0, 0.1) is 0 Å². The number of benzene rings is 3. The average Bonchev–Trinajstić information content (AvgIpc) is 2.85. The van der Waals surface area contributed by atoms with Gasteiger partial charge < -0.3 is 14.6 Å². The highest BCUT2D eigenvalue weighted by atomic mass is 79.9. The van der Waals surface area contributed by atoms with Crippen molar-refractivity contribution < 1.29 is 19.4 Å². The zero-order valence-electron chi connectivity index (χ0n) is 19.3. The lowest BCUT2D eigenvalue weighted by Gasteiger charge is -2.39. The first kappa shape index (κ1) is 24.3. The lowest BCUT2D eigenvalue weighted by atomic mass is 9.91. The molecule has 1 aliphatic rings. The number of rotatable bonds is 9. The van der Waals surface area contributed by atoms with E-state index < -0.39 is 12.0 Å². The number of halogens is 1. The highest BCUT2D eigenvalue weighted by Gasteiger charge is 2.35. The Bertz CT molecular complexity index is 1100. The molecular weight excluding hydrogens is 494 g/mol. The van der Waals surface area contributed by atoms with Gasteiger partial charge in [-0.25, -0.2) is 0 Å². The summed E-state index contributed by atoms with van der Waals surface area (Å²) < 4.78 is 13.0. The molecule has 1 aliphatic heterocycles. The predicted molar refractivity (Wildman–Crippen MR) is 136 cm³/mol. The van der Waals surface area contributed by atoms with E-state index in [-0.39, 0.29) is 6.04 Å². The van der Waals surface area contributed by atoms with Gasteiger partial charge in [-0.3, -0.25) is 9.69 Å². The molecule has 178 valence electrons. The number of piperidine rings is 1. The number of nitrogens with zero attached hydrogens (tertiary/aromatic N) is 1. The van der Waals surface area contributed by atoms with Gasteiger partial charge in [-0.1, -0.05) is 70.9 Å². The van der Waals surface area contributed by atoms with E-state index in [0.717, 1.165) is 40.5 Å². The number of aliphatic carboxylic acids is 1. The SMILES string of the molecule is CCOc1cc(C(c2cccc(Br)c2)N2CCCCC2C(=O)O)ccc1OCc1ccccc1. The van der Waals surface area contributed by atoms with E-state index >= 15 is 0 Å². The Morgan fingerprint density at radius 2 is 1.79 bits per heavy atom. The quantitative estimate of drug-likeness (QED) is 0.349. The van der Waals surface area contributed by atoms with Gasteiger partial charge in [0.2, 0.25) is 0 Å². The van der Waals surface area contributed by atoms with Gasteiger partial charge in [0, 0.05) is 4.47 Å². The zero-order chi connectivity index (χ0) is 23.9. The minimum atomic E-state index is -0.771. The molecule has 3 aromatic carbocycles. The van der Waals surface area contributed by atoms with Crippen LogP contribution in [0.25, 0.3) is 0 Å². The molecule has 4 rings (SSSR count). The van der Waals surface area contributed by atoms with E-state index in [0.29, 0.717) is 31.1 Å². The molecule has 1 saturated heterocycles. The lowest BCUT2D eigenvalue weighted by molar-refractivity contribution is -0.145. The Morgan fingerprint density at radius 1 is 1.00 bits per heavy atom. The highest BCUT2D eigenvalue weighted by Crippen LogP contribution is 2.39. The van der Waals surface area contributed by atoms with Gasteiger partial charge in [0.05, 0.1) is 12.6 Å². The Balaban J connectivity index is 1.71. The van der Waals surface area contributed by atoms with Crippen molar-refractivity contribution in [2.45, 2.75) is 44.9 Å². The molecule has 6 heteroatoms. The van der Waals surface area contributed by atoms with Gasteiger partial charge >= 0.3 is 5.97 Å². The molecule has 0 saturated carbocycles. The maximum Gasteiger partial charge on any atom is 0.320 e. The topological polar surface area (TPSA) is 59.0 Å². The monoisotopic (exact) mass is 523 g/mol. The van der Waals surface area contributed by atoms with Crippen molar-refractivity contribution in [3.05, 3.63) is 94.0 Å². The predicted octanol–water partition coefficient (Wildman–Crippen LogP) is 6.46. The largest absolute Gasteiger partial charge is 0.490 e. The maximum atomic E-state index is 12.1. The Labute approximate surface area is 209 Å². The highest BCUT2D eigenvalue weighted by molar-refractivity contribution is 9.10. The van der Waals surface area contributed by atoms with Crippen molar-refractivity contribution in [2.24, 2.45) is 0 Å². The fourth-order valence-electron chi connectivity index (χ4n) is 4.60. The van der Waals surface area contributed by atoms with Gasteiger partial charge in [-0.05, 0) is 67.3 Å². The molecule has 0 spiro atoms. The molecular formula is C28H30BrNO4. The lowest BCUT2D eigenvalue weighted by Crippen LogP contribution is -2.46. The minimum absolute atomic E-state index is 0.207. The summed E-state index contributed by atoms with van der Waals surface area (Å²) in [5.74, 6) is 0.572. The number of hydrogen-bond acceptors (Lipinski definition) is 4. The fourth-order valence-corrected chi connectivity index (χ4v) is 5.01. The number of carboxylic acid groups (broad SMARTS) is 1. The van der Waals surface area contributed by atoms with Crippen LogP contribution in [0.5, 0.6) is 11.5 Å². The smallest absolute Gasteiger partial charge is 0.320 e. The van der Waals surface area contributed by atoms with Crippen LogP contribution in [-0.4, -0.2) is 35.2 Å². The number of likely N-dealkylation sites (tertiary alicyclic amines) is 1. The summed E-state index contributed by atoms with van der Waals surface area (Å²) in [6.45, 7) is 3.63. The Hall–Kier alpha value is -2.83. The van der Waals surface area contributed by atoms with E-state index in [1.165, 1.54) is 0 Å². The standard InChI is InChI=1S/C28H30BrNO4/c1-2-33-26-18-22(14-15-25(26)34-19-20-9-4-3-5-10-20)27(21-11-8-12-23(29)17-21)30-16-7-6-13-24(30)28(31)32/h3-5,8-12,14-15,17-18,24,27H,2,6-7,13,16,19H2,1H3,(H,31,32). The summed E-state index contributed by atoms with van der Waals surface area (Å²) in [5.41, 5.74) is 3.11. The van der Waals surface area contributed by atoms with Gasteiger partial charge in [0.1, 0.15) is 12.6 Å². The van der Waals surface area contributed by atoms with Crippen LogP contribution < -0.4 is 9.47 Å². The minimum Gasteiger partial charge on any atom is -0.490 e. The van der Waals surface area contributed by atoms with Crippen LogP contribution in [0.2, 0.25) is 0 Å². The first-order valence-corrected chi connectivity index (χ1v) is 12.5. The normalized spacial score (nSPS) is 17.2. The summed E-state index contributed by atoms with van der Waals surface area (Å²) in [6.07, 6.45) is 2.55. The van der Waals surface area contributed by atoms with Crippen LogP contribution in [0.15, 0.2) is 77.3 Å². The second kappa shape index (κ2) is 11.5. The van der Waals surface area contributed by atoms with Crippen molar-refractivity contribution >= 4 is 21.9 Å². The fraction of sp³-hybridized carbons (Fsp3) is 0.321. The molecule has 5 nitrogen and oxygen atoms in total. The van der Waals surface area contributed by atoms with Crippen LogP contribution in [0.4, 0.5) is 0 Å². The van der Waals surface area contributed by atoms with Crippen LogP contribution in [0.3, 0.4) is 0 Å². The number of hydrogen-bond donors (Lipinski definition) is 1. The first-order chi connectivity index (χ1) is 16.6. The molecule has 0 aromatic heterocycles. The van der Waals surface area contributed by atoms with Gasteiger partial charge in [0.25, 0.3) is 0 Å². The number of carboxylic acids is 1. The molecule has 1 fully saturated rings. The molecule has 2 atom stereocenters. The van der Waals surface area contributed by atoms with E-state index in [2.05, 4.69) is 33.0 Å². The molecule has 2 unspecified atom stereocenters. The Kier molecular flexibility index (Phi) is 8.25. The van der Waals surface area contributed by atoms with Crippen LogP contribution >= 0.6 is 15.9 Å². The summed E-state index contributed by atoms with van der Waals surface area (Å²) in [7, 11) is 0. The Morgan fingerprint density at radius 3 is 2.53 bits per heavy atom. The van der Waals surface area contributed by atoms with E-state index in [1.807, 2.05) is 67.6 Å². The van der Waals surface area contributed by atoms with Gasteiger partial charge in [-0.2, -0.15) is 0 Å². The number of carbonyl (C=O) groups is 1. The molecule has 0 radical (unpaired) electrons. The van der Waals surface area contributed by atoms with Crippen molar-refractivity contribution in [3.8, 4) is 11.5 Å². The van der Waals surface area contributed by atoms with Crippen molar-refractivity contribution in [3.63, 3.8) is 0 Å². The second-order valence-electron chi connectivity index (χ2n) is 8.46. The third-order valence-corrected chi connectivity index (χ3v) is 6.64.